The van der Waals surface area contributed by atoms with Crippen LogP contribution in [0.15, 0.2) is 40.8 Å². The van der Waals surface area contributed by atoms with E-state index in [-0.39, 0.29) is 39.2 Å². The van der Waals surface area contributed by atoms with Gasteiger partial charge in [-0.3, -0.25) is 9.59 Å². The van der Waals surface area contributed by atoms with Crippen molar-refractivity contribution in [3.8, 4) is 5.75 Å². The second-order valence-electron chi connectivity index (χ2n) is 6.70. The Balaban J connectivity index is 2.26. The summed E-state index contributed by atoms with van der Waals surface area (Å²) in [6, 6.07) is 8.66. The minimum absolute atomic E-state index is 0.0107. The zero-order chi connectivity index (χ0) is 22.0. The molecule has 0 saturated heterocycles. The smallest absolute Gasteiger partial charge is 0.252 e. The van der Waals surface area contributed by atoms with E-state index in [0.717, 1.165) is 0 Å². The molecule has 0 aliphatic rings. The Morgan fingerprint density at radius 3 is 2.40 bits per heavy atom. The lowest BCUT2D eigenvalue weighted by Crippen LogP contribution is -2.26. The maximum atomic E-state index is 14.2. The van der Waals surface area contributed by atoms with Gasteiger partial charge in [-0.25, -0.2) is 4.39 Å². The lowest BCUT2D eigenvalue weighted by atomic mass is 9.92. The number of furan rings is 1. The van der Waals surface area contributed by atoms with Gasteiger partial charge in [0.2, 0.25) is 5.91 Å². The van der Waals surface area contributed by atoms with Crippen molar-refractivity contribution in [1.29, 1.82) is 0 Å². The highest BCUT2D eigenvalue weighted by Crippen LogP contribution is 2.40. The largest absolute Gasteiger partial charge is 0.483 e. The fourth-order valence-corrected chi connectivity index (χ4v) is 3.47. The van der Waals surface area contributed by atoms with Crippen molar-refractivity contribution in [2.75, 3.05) is 13.2 Å². The van der Waals surface area contributed by atoms with Crippen LogP contribution in [0.4, 0.5) is 4.39 Å². The first-order valence-corrected chi connectivity index (χ1v) is 9.08. The van der Waals surface area contributed by atoms with Crippen molar-refractivity contribution in [3.63, 3.8) is 0 Å². The average Bonchev–Trinajstić information content (AvgIpc) is 3.04. The van der Waals surface area contributed by atoms with Crippen molar-refractivity contribution in [2.45, 2.75) is 18.9 Å². The van der Waals surface area contributed by atoms with Gasteiger partial charge in [-0.1, -0.05) is 18.2 Å². The molecule has 1 heterocycles. The summed E-state index contributed by atoms with van der Waals surface area (Å²) in [7, 11) is 0. The predicted octanol–water partition coefficient (Wildman–Crippen LogP) is 1.65. The summed E-state index contributed by atoms with van der Waals surface area (Å²) in [4.78, 5) is 24.1. The van der Waals surface area contributed by atoms with Crippen LogP contribution in [0, 0.1) is 12.7 Å². The molecule has 0 spiro atoms. The van der Waals surface area contributed by atoms with Gasteiger partial charge in [0.15, 0.2) is 0 Å². The summed E-state index contributed by atoms with van der Waals surface area (Å²) in [6.45, 7) is 0.265. The van der Waals surface area contributed by atoms with E-state index in [1.165, 1.54) is 37.3 Å². The topological polar surface area (TPSA) is 149 Å². The second kappa shape index (κ2) is 8.52. The maximum Gasteiger partial charge on any atom is 0.252 e. The Morgan fingerprint density at radius 1 is 1.13 bits per heavy atom. The molecule has 6 N–H and O–H groups in total. The van der Waals surface area contributed by atoms with Gasteiger partial charge in [0.25, 0.3) is 5.91 Å². The van der Waals surface area contributed by atoms with Crippen LogP contribution in [0.2, 0.25) is 0 Å². The SMILES string of the molecule is Cc1oc2ccc(OC(CO)c3ccccc3F)c(C(CO)C(N)=O)c2c1C(N)=O. The fourth-order valence-electron chi connectivity index (χ4n) is 3.47. The van der Waals surface area contributed by atoms with Gasteiger partial charge in [0, 0.05) is 16.5 Å². The Labute approximate surface area is 170 Å². The Bertz CT molecular complexity index is 1110. The average molecular weight is 416 g/mol. The number of benzene rings is 2. The molecular weight excluding hydrogens is 395 g/mol. The Kier molecular flexibility index (Phi) is 6.04. The molecule has 3 rings (SSSR count). The number of hydrogen-bond donors (Lipinski definition) is 4. The number of ether oxygens (including phenoxy) is 1. The third-order valence-electron chi connectivity index (χ3n) is 4.84. The van der Waals surface area contributed by atoms with Gasteiger partial charge in [0.1, 0.15) is 29.0 Å². The highest BCUT2D eigenvalue weighted by Gasteiger charge is 2.30. The molecule has 8 nitrogen and oxygen atoms in total. The summed E-state index contributed by atoms with van der Waals surface area (Å²) in [5.74, 6) is -3.31. The van der Waals surface area contributed by atoms with Gasteiger partial charge in [-0.2, -0.15) is 0 Å². The van der Waals surface area contributed by atoms with Crippen LogP contribution in [0.5, 0.6) is 5.75 Å². The summed E-state index contributed by atoms with van der Waals surface area (Å²) in [6.07, 6.45) is -1.13. The molecule has 0 saturated carbocycles. The van der Waals surface area contributed by atoms with E-state index in [0.29, 0.717) is 0 Å². The van der Waals surface area contributed by atoms with Crippen molar-refractivity contribution in [3.05, 3.63) is 64.7 Å². The van der Waals surface area contributed by atoms with E-state index in [4.69, 9.17) is 20.6 Å². The standard InChI is InChI=1S/C21H21FN2O6/c1-10-17(21(24)28)19-15(29-10)7-6-14(18(19)12(8-25)20(23)27)30-16(9-26)11-4-2-3-5-13(11)22/h2-7,12,16,25-26H,8-9H2,1H3,(H2,23,27)(H2,24,28). The fraction of sp³-hybridized carbons (Fsp3) is 0.238. The van der Waals surface area contributed by atoms with Crippen LogP contribution in [0.3, 0.4) is 0 Å². The number of aliphatic hydroxyl groups excluding tert-OH is 2. The molecule has 0 bridgehead atoms. The van der Waals surface area contributed by atoms with Gasteiger partial charge in [0.05, 0.1) is 24.7 Å². The Hall–Kier alpha value is -3.43. The van der Waals surface area contributed by atoms with Crippen LogP contribution in [0.25, 0.3) is 11.0 Å². The molecule has 0 radical (unpaired) electrons. The van der Waals surface area contributed by atoms with Crippen LogP contribution >= 0.6 is 0 Å². The van der Waals surface area contributed by atoms with E-state index in [2.05, 4.69) is 0 Å². The zero-order valence-corrected chi connectivity index (χ0v) is 16.1. The number of fused-ring (bicyclic) bond motifs is 1. The molecule has 0 fully saturated rings. The van der Waals surface area contributed by atoms with Gasteiger partial charge in [-0.05, 0) is 25.1 Å². The maximum absolute atomic E-state index is 14.2. The quantitative estimate of drug-likeness (QED) is 0.439. The van der Waals surface area contributed by atoms with Crippen LogP contribution in [-0.4, -0.2) is 35.2 Å². The van der Waals surface area contributed by atoms with Gasteiger partial charge < -0.3 is 30.8 Å². The molecule has 30 heavy (non-hydrogen) atoms. The minimum atomic E-state index is -1.27. The third-order valence-corrected chi connectivity index (χ3v) is 4.84. The van der Waals surface area contributed by atoms with E-state index in [1.807, 2.05) is 0 Å². The van der Waals surface area contributed by atoms with E-state index in [9.17, 15) is 24.2 Å². The number of carbonyl (C=O) groups excluding carboxylic acids is 2. The number of hydrogen-bond acceptors (Lipinski definition) is 6. The van der Waals surface area contributed by atoms with Crippen LogP contribution in [-0.2, 0) is 4.79 Å². The van der Waals surface area contributed by atoms with Gasteiger partial charge >= 0.3 is 0 Å². The number of primary amides is 2. The number of amides is 2. The first-order chi connectivity index (χ1) is 14.3. The number of aliphatic hydroxyl groups is 2. The number of aryl methyl sites for hydroxylation is 1. The van der Waals surface area contributed by atoms with Crippen molar-refractivity contribution in [1.82, 2.24) is 0 Å². The molecule has 2 aromatic carbocycles. The summed E-state index contributed by atoms with van der Waals surface area (Å²) >= 11 is 0. The summed E-state index contributed by atoms with van der Waals surface area (Å²) < 4.78 is 25.6. The lowest BCUT2D eigenvalue weighted by molar-refractivity contribution is -0.120. The predicted molar refractivity (Wildman–Crippen MR) is 105 cm³/mol. The van der Waals surface area contributed by atoms with Crippen molar-refractivity contribution >= 4 is 22.8 Å². The molecule has 2 unspecified atom stereocenters. The Morgan fingerprint density at radius 2 is 1.83 bits per heavy atom. The molecule has 0 aliphatic heterocycles. The molecule has 2 atom stereocenters. The third kappa shape index (κ3) is 3.72. The molecular formula is C21H21FN2O6. The summed E-state index contributed by atoms with van der Waals surface area (Å²) in [5.41, 5.74) is 11.4. The monoisotopic (exact) mass is 416 g/mol. The van der Waals surface area contributed by atoms with E-state index in [1.54, 1.807) is 6.07 Å². The second-order valence-corrected chi connectivity index (χ2v) is 6.70. The van der Waals surface area contributed by atoms with Crippen molar-refractivity contribution in [2.24, 2.45) is 11.5 Å². The molecule has 3 aromatic rings. The normalized spacial score (nSPS) is 13.2. The van der Waals surface area contributed by atoms with Crippen LogP contribution < -0.4 is 16.2 Å². The first-order valence-electron chi connectivity index (χ1n) is 9.08. The molecule has 158 valence electrons. The lowest BCUT2D eigenvalue weighted by Gasteiger charge is -2.23. The highest BCUT2D eigenvalue weighted by molar-refractivity contribution is 6.09. The number of carbonyl (C=O) groups is 2. The van der Waals surface area contributed by atoms with Crippen LogP contribution in [0.1, 0.15) is 39.3 Å². The molecule has 1 aromatic heterocycles. The van der Waals surface area contributed by atoms with Crippen molar-refractivity contribution < 1.29 is 33.3 Å². The molecule has 0 aliphatic carbocycles. The number of rotatable bonds is 8. The molecule has 9 heteroatoms. The first kappa shape index (κ1) is 21.3. The molecule has 2 amide bonds. The van der Waals surface area contributed by atoms with E-state index < -0.39 is 42.9 Å². The zero-order valence-electron chi connectivity index (χ0n) is 16.1. The number of nitrogens with two attached hydrogens (primary N) is 2. The van der Waals surface area contributed by atoms with Gasteiger partial charge in [-0.15, -0.1) is 0 Å². The summed E-state index contributed by atoms with van der Waals surface area (Å²) in [5, 5.41) is 19.8. The van der Waals surface area contributed by atoms with E-state index >= 15 is 0 Å². The minimum Gasteiger partial charge on any atom is -0.483 e. The number of halogens is 1. The highest BCUT2D eigenvalue weighted by atomic mass is 19.1.